The number of amides is 3. The SMILES string of the molecule is Cc1cccc(N2CCN(C(=O)C3CCCN(C(=O)c4ccccc4)CCC(=O)NCC3)CC2)c1. The smallest absolute Gasteiger partial charge is 0.253 e. The number of carbonyl (C=O) groups is 3. The van der Waals surface area contributed by atoms with Gasteiger partial charge >= 0.3 is 0 Å². The Morgan fingerprint density at radius 1 is 0.857 bits per heavy atom. The second-order valence-electron chi connectivity index (χ2n) is 9.54. The monoisotopic (exact) mass is 476 g/mol. The lowest BCUT2D eigenvalue weighted by Crippen LogP contribution is -2.50. The zero-order valence-corrected chi connectivity index (χ0v) is 20.6. The molecule has 1 unspecified atom stereocenters. The first-order valence-electron chi connectivity index (χ1n) is 12.7. The molecule has 0 spiro atoms. The fraction of sp³-hybridized carbons (Fsp3) is 0.464. The van der Waals surface area contributed by atoms with Crippen molar-refractivity contribution in [3.05, 3.63) is 65.7 Å². The minimum absolute atomic E-state index is 0.0622. The molecule has 186 valence electrons. The van der Waals surface area contributed by atoms with Gasteiger partial charge in [0.15, 0.2) is 0 Å². The van der Waals surface area contributed by atoms with Crippen molar-refractivity contribution >= 4 is 23.4 Å². The second-order valence-corrected chi connectivity index (χ2v) is 9.54. The van der Waals surface area contributed by atoms with Gasteiger partial charge in [0, 0.05) is 69.4 Å². The van der Waals surface area contributed by atoms with E-state index in [4.69, 9.17) is 0 Å². The van der Waals surface area contributed by atoms with E-state index >= 15 is 0 Å². The van der Waals surface area contributed by atoms with Gasteiger partial charge < -0.3 is 20.0 Å². The highest BCUT2D eigenvalue weighted by Gasteiger charge is 2.28. The molecule has 0 aromatic heterocycles. The minimum atomic E-state index is -0.146. The van der Waals surface area contributed by atoms with Crippen LogP contribution < -0.4 is 10.2 Å². The lowest BCUT2D eigenvalue weighted by Gasteiger charge is -2.38. The number of benzene rings is 2. The van der Waals surface area contributed by atoms with Crippen molar-refractivity contribution in [2.75, 3.05) is 50.7 Å². The largest absolute Gasteiger partial charge is 0.368 e. The maximum atomic E-state index is 13.4. The first kappa shape index (κ1) is 24.8. The Hall–Kier alpha value is -3.35. The summed E-state index contributed by atoms with van der Waals surface area (Å²) in [6.07, 6.45) is 2.37. The molecule has 2 aliphatic heterocycles. The molecular formula is C28H36N4O3. The number of aryl methyl sites for hydroxylation is 1. The number of hydrogen-bond acceptors (Lipinski definition) is 4. The molecule has 1 N–H and O–H groups in total. The van der Waals surface area contributed by atoms with Crippen LogP contribution in [0.25, 0.3) is 0 Å². The van der Waals surface area contributed by atoms with Crippen molar-refractivity contribution in [1.82, 2.24) is 15.1 Å². The number of nitrogens with zero attached hydrogens (tertiary/aromatic N) is 3. The third kappa shape index (κ3) is 6.62. The van der Waals surface area contributed by atoms with Crippen molar-refractivity contribution in [3.8, 4) is 0 Å². The van der Waals surface area contributed by atoms with Crippen LogP contribution in [0.3, 0.4) is 0 Å². The summed E-state index contributed by atoms with van der Waals surface area (Å²) in [5.74, 6) is -0.112. The van der Waals surface area contributed by atoms with Gasteiger partial charge in [0.25, 0.3) is 5.91 Å². The quantitative estimate of drug-likeness (QED) is 0.739. The van der Waals surface area contributed by atoms with E-state index in [0.717, 1.165) is 19.5 Å². The molecule has 2 fully saturated rings. The molecular weight excluding hydrogens is 440 g/mol. The number of piperazine rings is 1. The molecule has 0 aliphatic carbocycles. The van der Waals surface area contributed by atoms with Crippen LogP contribution in [-0.4, -0.2) is 73.3 Å². The zero-order chi connectivity index (χ0) is 24.6. The average Bonchev–Trinajstić information content (AvgIpc) is 2.93. The molecule has 35 heavy (non-hydrogen) atoms. The van der Waals surface area contributed by atoms with E-state index in [-0.39, 0.29) is 30.1 Å². The molecule has 0 saturated carbocycles. The van der Waals surface area contributed by atoms with Gasteiger partial charge in [-0.2, -0.15) is 0 Å². The second kappa shape index (κ2) is 11.9. The topological polar surface area (TPSA) is 73.0 Å². The summed E-state index contributed by atoms with van der Waals surface area (Å²) in [4.78, 5) is 44.8. The van der Waals surface area contributed by atoms with Crippen molar-refractivity contribution in [2.24, 2.45) is 5.92 Å². The summed E-state index contributed by atoms with van der Waals surface area (Å²) in [6.45, 7) is 6.56. The summed E-state index contributed by atoms with van der Waals surface area (Å²) in [5.41, 5.74) is 3.07. The molecule has 2 aliphatic rings. The van der Waals surface area contributed by atoms with Gasteiger partial charge in [-0.05, 0) is 56.0 Å². The molecule has 2 saturated heterocycles. The van der Waals surface area contributed by atoms with E-state index in [9.17, 15) is 14.4 Å². The van der Waals surface area contributed by atoms with E-state index in [1.54, 1.807) is 17.0 Å². The van der Waals surface area contributed by atoms with E-state index in [1.807, 2.05) is 23.1 Å². The molecule has 7 nitrogen and oxygen atoms in total. The molecule has 7 heteroatoms. The number of rotatable bonds is 3. The summed E-state index contributed by atoms with van der Waals surface area (Å²) in [7, 11) is 0. The summed E-state index contributed by atoms with van der Waals surface area (Å²) >= 11 is 0. The highest BCUT2D eigenvalue weighted by Crippen LogP contribution is 2.21. The van der Waals surface area contributed by atoms with Crippen LogP contribution in [-0.2, 0) is 9.59 Å². The zero-order valence-electron chi connectivity index (χ0n) is 20.6. The minimum Gasteiger partial charge on any atom is -0.368 e. The summed E-state index contributed by atoms with van der Waals surface area (Å²) in [6, 6.07) is 17.7. The van der Waals surface area contributed by atoms with Crippen LogP contribution in [0.4, 0.5) is 5.69 Å². The number of hydrogen-bond donors (Lipinski definition) is 1. The molecule has 0 radical (unpaired) electrons. The predicted molar refractivity (Wildman–Crippen MR) is 137 cm³/mol. The third-order valence-electron chi connectivity index (χ3n) is 7.02. The maximum Gasteiger partial charge on any atom is 0.253 e. The molecule has 0 bridgehead atoms. The molecule has 3 amide bonds. The van der Waals surface area contributed by atoms with Gasteiger partial charge in [-0.3, -0.25) is 14.4 Å². The number of carbonyl (C=O) groups excluding carboxylic acids is 3. The Morgan fingerprint density at radius 3 is 2.37 bits per heavy atom. The lowest BCUT2D eigenvalue weighted by molar-refractivity contribution is -0.136. The molecule has 4 rings (SSSR count). The Kier molecular flexibility index (Phi) is 8.40. The third-order valence-corrected chi connectivity index (χ3v) is 7.02. The summed E-state index contributed by atoms with van der Waals surface area (Å²) in [5, 5.41) is 2.95. The molecule has 2 aromatic rings. The molecule has 1 atom stereocenters. The van der Waals surface area contributed by atoms with Crippen molar-refractivity contribution in [1.29, 1.82) is 0 Å². The van der Waals surface area contributed by atoms with Gasteiger partial charge in [-0.1, -0.05) is 30.3 Å². The van der Waals surface area contributed by atoms with Crippen LogP contribution in [0, 0.1) is 12.8 Å². The van der Waals surface area contributed by atoms with Gasteiger partial charge in [-0.15, -0.1) is 0 Å². The first-order chi connectivity index (χ1) is 17.0. The van der Waals surface area contributed by atoms with Crippen LogP contribution in [0.1, 0.15) is 41.6 Å². The standard InChI is InChI=1S/C28H36N4O3/c1-22-7-5-11-25(21-22)30-17-19-32(20-18-30)28(35)24-10-6-15-31(16-13-26(33)29-14-12-24)27(34)23-8-3-2-4-9-23/h2-5,7-9,11,21,24H,6,10,12-20H2,1H3,(H,29,33). The normalized spacial score (nSPS) is 20.1. The van der Waals surface area contributed by atoms with Crippen molar-refractivity contribution < 1.29 is 14.4 Å². The van der Waals surface area contributed by atoms with E-state index < -0.39 is 0 Å². The van der Waals surface area contributed by atoms with Crippen molar-refractivity contribution in [3.63, 3.8) is 0 Å². The van der Waals surface area contributed by atoms with Crippen LogP contribution in [0.5, 0.6) is 0 Å². The Bertz CT molecular complexity index is 1020. The fourth-order valence-electron chi connectivity index (χ4n) is 4.98. The van der Waals surface area contributed by atoms with E-state index in [0.29, 0.717) is 51.1 Å². The van der Waals surface area contributed by atoms with E-state index in [1.165, 1.54) is 11.3 Å². The Balaban J connectivity index is 1.36. The first-order valence-corrected chi connectivity index (χ1v) is 12.7. The highest BCUT2D eigenvalue weighted by atomic mass is 16.2. The van der Waals surface area contributed by atoms with Gasteiger partial charge in [0.1, 0.15) is 0 Å². The Labute approximate surface area is 208 Å². The van der Waals surface area contributed by atoms with Gasteiger partial charge in [0.2, 0.25) is 11.8 Å². The average molecular weight is 477 g/mol. The van der Waals surface area contributed by atoms with Crippen LogP contribution in [0.2, 0.25) is 0 Å². The highest BCUT2D eigenvalue weighted by molar-refractivity contribution is 5.94. The van der Waals surface area contributed by atoms with E-state index in [2.05, 4.69) is 41.4 Å². The van der Waals surface area contributed by atoms with Gasteiger partial charge in [-0.25, -0.2) is 0 Å². The number of nitrogens with one attached hydrogen (secondary N) is 1. The van der Waals surface area contributed by atoms with Crippen LogP contribution >= 0.6 is 0 Å². The Morgan fingerprint density at radius 2 is 1.63 bits per heavy atom. The lowest BCUT2D eigenvalue weighted by atomic mass is 9.96. The molecule has 2 heterocycles. The molecule has 2 aromatic carbocycles. The maximum absolute atomic E-state index is 13.4. The van der Waals surface area contributed by atoms with Crippen LogP contribution in [0.15, 0.2) is 54.6 Å². The summed E-state index contributed by atoms with van der Waals surface area (Å²) < 4.78 is 0. The predicted octanol–water partition coefficient (Wildman–Crippen LogP) is 3.09. The van der Waals surface area contributed by atoms with Gasteiger partial charge in [0.05, 0.1) is 0 Å². The fourth-order valence-corrected chi connectivity index (χ4v) is 4.98. The van der Waals surface area contributed by atoms with Crippen molar-refractivity contribution in [2.45, 2.75) is 32.6 Å². The number of anilines is 1.